The van der Waals surface area contributed by atoms with E-state index in [1.807, 2.05) is 0 Å². The van der Waals surface area contributed by atoms with Crippen molar-refractivity contribution in [2.24, 2.45) is 11.5 Å². The molecule has 1 amide bonds. The Morgan fingerprint density at radius 1 is 1.06 bits per heavy atom. The maximum absolute atomic E-state index is 12.7. The normalized spacial score (nSPS) is 12.1. The maximum atomic E-state index is 12.7. The number of amides is 1. The molecular formula is C21H18F3N5O3. The van der Waals surface area contributed by atoms with Crippen molar-refractivity contribution in [3.05, 3.63) is 65.9 Å². The van der Waals surface area contributed by atoms with Gasteiger partial charge in [-0.3, -0.25) is 4.79 Å². The number of benzene rings is 2. The molecule has 0 saturated carbocycles. The van der Waals surface area contributed by atoms with Crippen molar-refractivity contribution in [2.45, 2.75) is 12.2 Å². The summed E-state index contributed by atoms with van der Waals surface area (Å²) in [5.41, 5.74) is 10.5. The smallest absolute Gasteiger partial charge is 0.416 e. The van der Waals surface area contributed by atoms with Gasteiger partial charge in [0.05, 0.1) is 11.6 Å². The number of hydrogen-bond acceptors (Lipinski definition) is 7. The summed E-state index contributed by atoms with van der Waals surface area (Å²) >= 11 is 0. The van der Waals surface area contributed by atoms with E-state index in [1.165, 1.54) is 18.2 Å². The van der Waals surface area contributed by atoms with Gasteiger partial charge in [-0.2, -0.15) is 13.2 Å². The lowest BCUT2D eigenvalue weighted by molar-refractivity contribution is -0.137. The lowest BCUT2D eigenvalue weighted by atomic mass is 10.2. The van der Waals surface area contributed by atoms with Crippen LogP contribution in [0.1, 0.15) is 16.1 Å². The first-order valence-corrected chi connectivity index (χ1v) is 9.26. The van der Waals surface area contributed by atoms with Crippen LogP contribution in [0.15, 0.2) is 54.6 Å². The molecule has 11 heteroatoms. The Labute approximate surface area is 180 Å². The number of aldehydes is 1. The summed E-state index contributed by atoms with van der Waals surface area (Å²) in [6.07, 6.45) is -3.82. The highest BCUT2D eigenvalue weighted by atomic mass is 19.4. The first kappa shape index (κ1) is 22.7. The molecule has 0 unspecified atom stereocenters. The Hall–Kier alpha value is -3.99. The molecular weight excluding hydrogens is 427 g/mol. The van der Waals surface area contributed by atoms with Gasteiger partial charge in [0.1, 0.15) is 29.3 Å². The van der Waals surface area contributed by atoms with Gasteiger partial charge in [0.25, 0.3) is 5.91 Å². The van der Waals surface area contributed by atoms with Crippen molar-refractivity contribution in [3.8, 4) is 22.9 Å². The fraction of sp³-hybridized carbons (Fsp3) is 0.143. The van der Waals surface area contributed by atoms with Gasteiger partial charge in [-0.15, -0.1) is 0 Å². The molecule has 0 aliphatic carbocycles. The Kier molecular flexibility index (Phi) is 6.69. The number of anilines is 1. The summed E-state index contributed by atoms with van der Waals surface area (Å²) in [6.45, 7) is 0.0186. The number of nitrogens with zero attached hydrogens (tertiary/aromatic N) is 2. The molecule has 8 nitrogen and oxygen atoms in total. The van der Waals surface area contributed by atoms with Gasteiger partial charge in [-0.1, -0.05) is 0 Å². The summed E-state index contributed by atoms with van der Waals surface area (Å²) in [7, 11) is 0. The second-order valence-corrected chi connectivity index (χ2v) is 6.60. The van der Waals surface area contributed by atoms with Crippen LogP contribution in [0.2, 0.25) is 0 Å². The van der Waals surface area contributed by atoms with E-state index in [0.29, 0.717) is 17.6 Å². The second-order valence-electron chi connectivity index (χ2n) is 6.60. The van der Waals surface area contributed by atoms with E-state index in [0.717, 1.165) is 12.1 Å². The van der Waals surface area contributed by atoms with E-state index in [2.05, 4.69) is 15.3 Å². The Morgan fingerprint density at radius 2 is 1.66 bits per heavy atom. The standard InChI is InChI=1S/C21H18F3N5O3/c22-21(23,24)13-3-7-16(8-4-13)32-15-5-1-12(2-6-15)20-28-17(19(26)31)9-18(29-20)27-14(10-25)11-30/h1-9,11,14H,10,25H2,(H2,26,31)(H,27,28,29)/t14-/m0/s1. The lowest BCUT2D eigenvalue weighted by Gasteiger charge is -2.13. The van der Waals surface area contributed by atoms with E-state index in [4.69, 9.17) is 16.2 Å². The number of carbonyl (C=O) groups is 2. The number of nitrogens with one attached hydrogen (secondary N) is 1. The van der Waals surface area contributed by atoms with Crippen molar-refractivity contribution in [1.29, 1.82) is 0 Å². The topological polar surface area (TPSA) is 133 Å². The largest absolute Gasteiger partial charge is 0.457 e. The molecule has 0 saturated heterocycles. The number of halogens is 3. The van der Waals surface area contributed by atoms with Gasteiger partial charge in [0, 0.05) is 18.2 Å². The molecule has 0 aliphatic heterocycles. The van der Waals surface area contributed by atoms with E-state index < -0.39 is 23.7 Å². The Balaban J connectivity index is 1.82. The third kappa shape index (κ3) is 5.58. The van der Waals surface area contributed by atoms with Gasteiger partial charge in [-0.05, 0) is 48.5 Å². The summed E-state index contributed by atoms with van der Waals surface area (Å²) < 4.78 is 43.5. The molecule has 1 heterocycles. The van der Waals surface area contributed by atoms with Crippen molar-refractivity contribution < 1.29 is 27.5 Å². The van der Waals surface area contributed by atoms with Crippen LogP contribution in [0.25, 0.3) is 11.4 Å². The van der Waals surface area contributed by atoms with Gasteiger partial charge >= 0.3 is 6.18 Å². The van der Waals surface area contributed by atoms with Gasteiger partial charge in [0.15, 0.2) is 5.82 Å². The molecule has 1 aromatic heterocycles. The zero-order valence-corrected chi connectivity index (χ0v) is 16.5. The number of alkyl halides is 3. The molecule has 32 heavy (non-hydrogen) atoms. The highest BCUT2D eigenvalue weighted by molar-refractivity contribution is 5.92. The molecule has 0 bridgehead atoms. The predicted octanol–water partition coefficient (Wildman–Crippen LogP) is 2.99. The van der Waals surface area contributed by atoms with Crippen LogP contribution in [-0.4, -0.2) is 34.7 Å². The molecule has 2 aromatic carbocycles. The summed E-state index contributed by atoms with van der Waals surface area (Å²) in [5.74, 6) is 0.158. The SMILES string of the molecule is NC[C@@H](C=O)Nc1cc(C(N)=O)nc(-c2ccc(Oc3ccc(C(F)(F)F)cc3)cc2)n1. The van der Waals surface area contributed by atoms with Gasteiger partial charge in [-0.25, -0.2) is 9.97 Å². The number of hydrogen-bond donors (Lipinski definition) is 3. The van der Waals surface area contributed by atoms with E-state index in [-0.39, 0.29) is 29.6 Å². The van der Waals surface area contributed by atoms with Crippen LogP contribution in [0, 0.1) is 0 Å². The summed E-state index contributed by atoms with van der Waals surface area (Å²) in [5, 5.41) is 2.79. The fourth-order valence-electron chi connectivity index (χ4n) is 2.64. The first-order valence-electron chi connectivity index (χ1n) is 9.26. The Bertz CT molecular complexity index is 1100. The third-order valence-corrected chi connectivity index (χ3v) is 4.26. The molecule has 0 spiro atoms. The van der Waals surface area contributed by atoms with E-state index in [1.54, 1.807) is 24.3 Å². The zero-order valence-electron chi connectivity index (χ0n) is 16.5. The number of nitrogens with two attached hydrogens (primary N) is 2. The molecule has 3 aromatic rings. The number of rotatable bonds is 8. The summed E-state index contributed by atoms with van der Waals surface area (Å²) in [6, 6.07) is 11.2. The number of carbonyl (C=O) groups excluding carboxylic acids is 2. The molecule has 5 N–H and O–H groups in total. The van der Waals surface area contributed by atoms with Crippen molar-refractivity contribution in [3.63, 3.8) is 0 Å². The zero-order chi connectivity index (χ0) is 23.3. The molecule has 3 rings (SSSR count). The molecule has 0 fully saturated rings. The number of ether oxygens (including phenoxy) is 1. The fourth-order valence-corrected chi connectivity index (χ4v) is 2.64. The van der Waals surface area contributed by atoms with Gasteiger partial charge in [0.2, 0.25) is 0 Å². The molecule has 166 valence electrons. The molecule has 1 atom stereocenters. The first-order chi connectivity index (χ1) is 15.2. The van der Waals surface area contributed by atoms with Crippen LogP contribution < -0.4 is 21.5 Å². The average molecular weight is 445 g/mol. The minimum absolute atomic E-state index is 0.0186. The van der Waals surface area contributed by atoms with E-state index >= 15 is 0 Å². The number of primary amides is 1. The van der Waals surface area contributed by atoms with Gasteiger partial charge < -0.3 is 26.3 Å². The van der Waals surface area contributed by atoms with Crippen molar-refractivity contribution in [2.75, 3.05) is 11.9 Å². The molecule has 0 aliphatic rings. The minimum atomic E-state index is -4.43. The minimum Gasteiger partial charge on any atom is -0.457 e. The van der Waals surface area contributed by atoms with Crippen LogP contribution in [0.5, 0.6) is 11.5 Å². The quantitative estimate of drug-likeness (QED) is 0.454. The van der Waals surface area contributed by atoms with Crippen LogP contribution in [0.3, 0.4) is 0 Å². The van der Waals surface area contributed by atoms with E-state index in [9.17, 15) is 22.8 Å². The van der Waals surface area contributed by atoms with Crippen LogP contribution >= 0.6 is 0 Å². The Morgan fingerprint density at radius 3 is 2.16 bits per heavy atom. The predicted molar refractivity (Wildman–Crippen MR) is 110 cm³/mol. The van der Waals surface area contributed by atoms with Crippen molar-refractivity contribution in [1.82, 2.24) is 9.97 Å². The monoisotopic (exact) mass is 445 g/mol. The van der Waals surface area contributed by atoms with Crippen molar-refractivity contribution >= 4 is 18.0 Å². The van der Waals surface area contributed by atoms with Crippen LogP contribution in [-0.2, 0) is 11.0 Å². The lowest BCUT2D eigenvalue weighted by Crippen LogP contribution is -2.30. The highest BCUT2D eigenvalue weighted by Gasteiger charge is 2.30. The third-order valence-electron chi connectivity index (χ3n) is 4.26. The number of aromatic nitrogens is 2. The maximum Gasteiger partial charge on any atom is 0.416 e. The average Bonchev–Trinajstić information content (AvgIpc) is 2.77. The highest BCUT2D eigenvalue weighted by Crippen LogP contribution is 2.31. The van der Waals surface area contributed by atoms with Crippen LogP contribution in [0.4, 0.5) is 19.0 Å². The summed E-state index contributed by atoms with van der Waals surface area (Å²) in [4.78, 5) is 31.0. The molecule has 0 radical (unpaired) electrons. The second kappa shape index (κ2) is 9.43.